The Kier molecular flexibility index (Phi) is 3.10. The third-order valence-corrected chi connectivity index (χ3v) is 3.38. The zero-order chi connectivity index (χ0) is 11.5. The summed E-state index contributed by atoms with van der Waals surface area (Å²) in [5, 5.41) is 0.469. The molecule has 0 aliphatic heterocycles. The highest BCUT2D eigenvalue weighted by Crippen LogP contribution is 2.28. The maximum Gasteiger partial charge on any atom is 0.178 e. The maximum absolute atomic E-state index is 12.8. The summed E-state index contributed by atoms with van der Waals surface area (Å²) in [6.07, 6.45) is 1.56. The Morgan fingerprint density at radius 3 is 2.62 bits per heavy atom. The van der Waals surface area contributed by atoms with E-state index >= 15 is 0 Å². The number of thiazole rings is 1. The van der Waals surface area contributed by atoms with Crippen LogP contribution in [0.4, 0.5) is 4.39 Å². The van der Waals surface area contributed by atoms with E-state index in [2.05, 4.69) is 4.98 Å². The number of carbonyl (C=O) groups is 1. The highest BCUT2D eigenvalue weighted by atomic mass is 32.1. The highest BCUT2D eigenvalue weighted by molar-refractivity contribution is 7.13. The lowest BCUT2D eigenvalue weighted by molar-refractivity contribution is 0.112. The predicted octanol–water partition coefficient (Wildman–Crippen LogP) is 3.32. The molecule has 0 amide bonds. The van der Waals surface area contributed by atoms with Crippen LogP contribution in [0, 0.1) is 5.82 Å². The molecule has 16 heavy (non-hydrogen) atoms. The minimum absolute atomic E-state index is 0.271. The van der Waals surface area contributed by atoms with Crippen LogP contribution in [0.5, 0.6) is 0 Å². The molecule has 2 rings (SSSR count). The number of aldehydes is 1. The molecule has 0 radical (unpaired) electrons. The zero-order valence-electron chi connectivity index (χ0n) is 8.74. The molecule has 0 atom stereocenters. The number of nitrogens with zero attached hydrogens (tertiary/aromatic N) is 1. The SMILES string of the molecule is CCc1sc(C=O)nc1-c1ccc(F)cc1. The first-order valence-electron chi connectivity index (χ1n) is 4.95. The summed E-state index contributed by atoms with van der Waals surface area (Å²) in [6, 6.07) is 6.15. The Bertz CT molecular complexity index is 504. The Labute approximate surface area is 96.8 Å². The predicted molar refractivity (Wildman–Crippen MR) is 62.3 cm³/mol. The monoisotopic (exact) mass is 235 g/mol. The van der Waals surface area contributed by atoms with Gasteiger partial charge in [-0.05, 0) is 30.7 Å². The fourth-order valence-corrected chi connectivity index (χ4v) is 2.34. The number of halogens is 1. The molecule has 1 heterocycles. The maximum atomic E-state index is 12.8. The van der Waals surface area contributed by atoms with Crippen molar-refractivity contribution < 1.29 is 9.18 Å². The fourth-order valence-electron chi connectivity index (χ4n) is 1.49. The lowest BCUT2D eigenvalue weighted by atomic mass is 10.1. The standard InChI is InChI=1S/C12H10FNOS/c1-2-10-12(14-11(7-15)16-10)8-3-5-9(13)6-4-8/h3-7H,2H2,1H3. The summed E-state index contributed by atoms with van der Waals surface area (Å²) in [5.74, 6) is -0.271. The number of rotatable bonds is 3. The second kappa shape index (κ2) is 4.53. The van der Waals surface area contributed by atoms with Crippen molar-refractivity contribution >= 4 is 17.6 Å². The topological polar surface area (TPSA) is 30.0 Å². The zero-order valence-corrected chi connectivity index (χ0v) is 9.55. The van der Waals surface area contributed by atoms with Crippen LogP contribution in [0.25, 0.3) is 11.3 Å². The normalized spacial score (nSPS) is 10.4. The lowest BCUT2D eigenvalue weighted by Crippen LogP contribution is -1.84. The van der Waals surface area contributed by atoms with Crippen molar-refractivity contribution in [2.75, 3.05) is 0 Å². The Hall–Kier alpha value is -1.55. The van der Waals surface area contributed by atoms with Crippen LogP contribution in [0.2, 0.25) is 0 Å². The molecule has 0 aliphatic carbocycles. The van der Waals surface area contributed by atoms with Gasteiger partial charge in [0.15, 0.2) is 11.3 Å². The minimum atomic E-state index is -0.271. The summed E-state index contributed by atoms with van der Waals surface area (Å²) >= 11 is 1.39. The van der Waals surface area contributed by atoms with Crippen molar-refractivity contribution in [3.63, 3.8) is 0 Å². The molecular formula is C12H10FNOS. The van der Waals surface area contributed by atoms with Crippen LogP contribution in [0.15, 0.2) is 24.3 Å². The van der Waals surface area contributed by atoms with E-state index in [4.69, 9.17) is 0 Å². The molecule has 2 nitrogen and oxygen atoms in total. The molecule has 0 saturated carbocycles. The van der Waals surface area contributed by atoms with Crippen LogP contribution in [-0.4, -0.2) is 11.3 Å². The van der Waals surface area contributed by atoms with Gasteiger partial charge in [-0.25, -0.2) is 9.37 Å². The Morgan fingerprint density at radius 1 is 1.38 bits per heavy atom. The smallest absolute Gasteiger partial charge is 0.178 e. The van der Waals surface area contributed by atoms with Gasteiger partial charge in [0.05, 0.1) is 5.69 Å². The van der Waals surface area contributed by atoms with E-state index in [-0.39, 0.29) is 5.82 Å². The van der Waals surface area contributed by atoms with Gasteiger partial charge in [-0.2, -0.15) is 0 Å². The molecule has 2 aromatic rings. The molecule has 0 N–H and O–H groups in total. The first-order valence-corrected chi connectivity index (χ1v) is 5.77. The second-order valence-corrected chi connectivity index (χ2v) is 4.42. The first-order chi connectivity index (χ1) is 7.74. The molecular weight excluding hydrogens is 225 g/mol. The molecule has 0 spiro atoms. The average molecular weight is 235 g/mol. The van der Waals surface area contributed by atoms with Gasteiger partial charge in [-0.1, -0.05) is 6.92 Å². The number of aryl methyl sites for hydroxylation is 1. The van der Waals surface area contributed by atoms with E-state index in [0.29, 0.717) is 5.01 Å². The molecule has 0 fully saturated rings. The quantitative estimate of drug-likeness (QED) is 0.764. The number of aromatic nitrogens is 1. The number of hydrogen-bond acceptors (Lipinski definition) is 3. The molecule has 0 bridgehead atoms. The van der Waals surface area contributed by atoms with E-state index in [9.17, 15) is 9.18 Å². The van der Waals surface area contributed by atoms with Gasteiger partial charge in [0.2, 0.25) is 0 Å². The van der Waals surface area contributed by atoms with Crippen molar-refractivity contribution in [1.29, 1.82) is 0 Å². The van der Waals surface area contributed by atoms with Gasteiger partial charge in [0, 0.05) is 10.4 Å². The van der Waals surface area contributed by atoms with Crippen molar-refractivity contribution in [3.05, 3.63) is 40.0 Å². The molecule has 0 unspecified atom stereocenters. The van der Waals surface area contributed by atoms with Gasteiger partial charge in [0.25, 0.3) is 0 Å². The molecule has 0 aliphatic rings. The average Bonchev–Trinajstić information content (AvgIpc) is 2.73. The molecule has 4 heteroatoms. The van der Waals surface area contributed by atoms with Crippen molar-refractivity contribution in [3.8, 4) is 11.3 Å². The highest BCUT2D eigenvalue weighted by Gasteiger charge is 2.11. The second-order valence-electron chi connectivity index (χ2n) is 3.30. The Balaban J connectivity index is 2.49. The van der Waals surface area contributed by atoms with E-state index in [1.807, 2.05) is 6.92 Å². The van der Waals surface area contributed by atoms with Gasteiger partial charge in [-0.15, -0.1) is 11.3 Å². The van der Waals surface area contributed by atoms with Gasteiger partial charge >= 0.3 is 0 Å². The van der Waals surface area contributed by atoms with E-state index in [0.717, 1.165) is 28.8 Å². The summed E-state index contributed by atoms with van der Waals surface area (Å²) in [7, 11) is 0. The first kappa shape index (κ1) is 11.0. The van der Waals surface area contributed by atoms with E-state index in [1.54, 1.807) is 12.1 Å². The van der Waals surface area contributed by atoms with E-state index < -0.39 is 0 Å². The number of carbonyl (C=O) groups excluding carboxylic acids is 1. The molecule has 0 saturated heterocycles. The summed E-state index contributed by atoms with van der Waals surface area (Å²) < 4.78 is 12.8. The molecule has 82 valence electrons. The summed E-state index contributed by atoms with van der Waals surface area (Å²) in [6.45, 7) is 2.01. The van der Waals surface area contributed by atoms with Crippen LogP contribution in [0.1, 0.15) is 21.6 Å². The molecule has 1 aromatic carbocycles. The summed E-state index contributed by atoms with van der Waals surface area (Å²) in [5.41, 5.74) is 1.64. The van der Waals surface area contributed by atoms with Crippen molar-refractivity contribution in [1.82, 2.24) is 4.98 Å². The van der Waals surface area contributed by atoms with Crippen LogP contribution >= 0.6 is 11.3 Å². The fraction of sp³-hybridized carbons (Fsp3) is 0.167. The number of benzene rings is 1. The number of hydrogen-bond donors (Lipinski definition) is 0. The van der Waals surface area contributed by atoms with Crippen LogP contribution in [0.3, 0.4) is 0 Å². The van der Waals surface area contributed by atoms with Gasteiger partial charge < -0.3 is 0 Å². The van der Waals surface area contributed by atoms with Crippen LogP contribution in [-0.2, 0) is 6.42 Å². The third kappa shape index (κ3) is 2.02. The largest absolute Gasteiger partial charge is 0.295 e. The van der Waals surface area contributed by atoms with E-state index in [1.165, 1.54) is 23.5 Å². The third-order valence-electron chi connectivity index (χ3n) is 2.25. The minimum Gasteiger partial charge on any atom is -0.295 e. The van der Waals surface area contributed by atoms with Gasteiger partial charge in [0.1, 0.15) is 5.82 Å². The lowest BCUT2D eigenvalue weighted by Gasteiger charge is -1.99. The van der Waals surface area contributed by atoms with Crippen LogP contribution < -0.4 is 0 Å². The van der Waals surface area contributed by atoms with Gasteiger partial charge in [-0.3, -0.25) is 4.79 Å². The van der Waals surface area contributed by atoms with Crippen molar-refractivity contribution in [2.45, 2.75) is 13.3 Å². The summed E-state index contributed by atoms with van der Waals surface area (Å²) in [4.78, 5) is 15.9. The molecule has 1 aromatic heterocycles. The Morgan fingerprint density at radius 2 is 2.06 bits per heavy atom. The van der Waals surface area contributed by atoms with Crippen molar-refractivity contribution in [2.24, 2.45) is 0 Å².